The number of hydrogen-bond donors (Lipinski definition) is 2. The molecule has 0 aliphatic carbocycles. The fourth-order valence-corrected chi connectivity index (χ4v) is 3.30. The lowest BCUT2D eigenvalue weighted by atomic mass is 9.90. The number of aliphatic imine (C=N–C) groups is 1. The number of carbonyl (C=O) groups is 1. The van der Waals surface area contributed by atoms with Crippen LogP contribution in [0.25, 0.3) is 0 Å². The predicted octanol–water partition coefficient (Wildman–Crippen LogP) is 2.89. The molecule has 0 radical (unpaired) electrons. The van der Waals surface area contributed by atoms with E-state index in [1.807, 2.05) is 41.3 Å². The summed E-state index contributed by atoms with van der Waals surface area (Å²) >= 11 is 0. The Labute approximate surface area is 154 Å². The number of hydrogen-bond acceptors (Lipinski definition) is 2. The molecule has 5 nitrogen and oxygen atoms in total. The molecular weight excluding hydrogens is 324 g/mol. The Balaban J connectivity index is 1.42. The topological polar surface area (TPSA) is 70.7 Å². The van der Waals surface area contributed by atoms with Crippen LogP contribution in [0.15, 0.2) is 65.7 Å². The van der Waals surface area contributed by atoms with Crippen LogP contribution in [0.4, 0.5) is 5.69 Å². The van der Waals surface area contributed by atoms with Gasteiger partial charge in [0.2, 0.25) is 5.91 Å². The highest BCUT2D eigenvalue weighted by Crippen LogP contribution is 2.21. The molecule has 1 heterocycles. The molecular formula is C21H26N4O. The molecule has 5 heteroatoms. The quantitative estimate of drug-likeness (QED) is 0.643. The number of nitrogens with zero attached hydrogens (tertiary/aromatic N) is 2. The lowest BCUT2D eigenvalue weighted by Gasteiger charge is -2.31. The summed E-state index contributed by atoms with van der Waals surface area (Å²) in [5.41, 5.74) is 8.10. The van der Waals surface area contributed by atoms with Gasteiger partial charge < -0.3 is 16.0 Å². The summed E-state index contributed by atoms with van der Waals surface area (Å²) in [6, 6.07) is 20.1. The predicted molar refractivity (Wildman–Crippen MR) is 106 cm³/mol. The molecule has 0 atom stereocenters. The van der Waals surface area contributed by atoms with Crippen LogP contribution < -0.4 is 11.1 Å². The Bertz CT molecular complexity index is 722. The van der Waals surface area contributed by atoms with Gasteiger partial charge >= 0.3 is 0 Å². The number of para-hydroxylation sites is 1. The molecule has 0 aromatic heterocycles. The zero-order chi connectivity index (χ0) is 18.2. The van der Waals surface area contributed by atoms with Crippen LogP contribution in [-0.4, -0.2) is 36.4 Å². The maximum Gasteiger partial charge on any atom is 0.244 e. The van der Waals surface area contributed by atoms with E-state index in [-0.39, 0.29) is 18.4 Å². The minimum absolute atomic E-state index is 0.0426. The maximum atomic E-state index is 12.4. The molecule has 0 unspecified atom stereocenters. The number of amides is 1. The van der Waals surface area contributed by atoms with Crippen molar-refractivity contribution in [2.75, 3.05) is 25.0 Å². The van der Waals surface area contributed by atoms with Gasteiger partial charge in [0, 0.05) is 18.8 Å². The lowest BCUT2D eigenvalue weighted by molar-refractivity contribution is -0.130. The van der Waals surface area contributed by atoms with Crippen molar-refractivity contribution in [1.82, 2.24) is 4.90 Å². The minimum atomic E-state index is 0.0426. The Morgan fingerprint density at radius 3 is 2.31 bits per heavy atom. The molecule has 26 heavy (non-hydrogen) atoms. The molecule has 0 spiro atoms. The average Bonchev–Trinajstić information content (AvgIpc) is 2.68. The average molecular weight is 350 g/mol. The molecule has 0 saturated carbocycles. The van der Waals surface area contributed by atoms with Gasteiger partial charge in [-0.2, -0.15) is 0 Å². The molecule has 3 N–H and O–H groups in total. The first kappa shape index (κ1) is 18.0. The first-order valence-corrected chi connectivity index (χ1v) is 9.14. The third kappa shape index (κ3) is 5.34. The van der Waals surface area contributed by atoms with Gasteiger partial charge in [-0.05, 0) is 42.9 Å². The van der Waals surface area contributed by atoms with E-state index < -0.39 is 0 Å². The summed E-state index contributed by atoms with van der Waals surface area (Å²) in [4.78, 5) is 18.4. The number of likely N-dealkylation sites (tertiary alicyclic amines) is 1. The normalized spacial score (nSPS) is 15.7. The van der Waals surface area contributed by atoms with Gasteiger partial charge in [0.15, 0.2) is 5.96 Å². The summed E-state index contributed by atoms with van der Waals surface area (Å²) in [6.07, 6.45) is 3.18. The zero-order valence-electron chi connectivity index (χ0n) is 15.0. The Kier molecular flexibility index (Phi) is 6.25. The maximum absolute atomic E-state index is 12.4. The van der Waals surface area contributed by atoms with Gasteiger partial charge in [-0.1, -0.05) is 48.5 Å². The Morgan fingerprint density at radius 1 is 1.04 bits per heavy atom. The molecule has 1 aliphatic heterocycles. The van der Waals surface area contributed by atoms with Crippen molar-refractivity contribution in [2.45, 2.75) is 19.3 Å². The number of nitrogens with one attached hydrogen (secondary N) is 1. The van der Waals surface area contributed by atoms with Gasteiger partial charge in [-0.15, -0.1) is 0 Å². The fraction of sp³-hybridized carbons (Fsp3) is 0.333. The smallest absolute Gasteiger partial charge is 0.244 e. The number of nitrogens with two attached hydrogens (primary N) is 1. The van der Waals surface area contributed by atoms with Gasteiger partial charge in [-0.25, -0.2) is 4.99 Å². The van der Waals surface area contributed by atoms with E-state index in [0.29, 0.717) is 5.92 Å². The largest absolute Gasteiger partial charge is 0.370 e. The molecule has 1 amide bonds. The summed E-state index contributed by atoms with van der Waals surface area (Å²) < 4.78 is 0. The molecule has 0 bridgehead atoms. The highest BCUT2D eigenvalue weighted by molar-refractivity contribution is 5.93. The Morgan fingerprint density at radius 2 is 1.65 bits per heavy atom. The molecule has 1 aliphatic rings. The van der Waals surface area contributed by atoms with Crippen LogP contribution >= 0.6 is 0 Å². The van der Waals surface area contributed by atoms with E-state index in [0.717, 1.165) is 38.0 Å². The van der Waals surface area contributed by atoms with Crippen molar-refractivity contribution in [3.05, 3.63) is 66.2 Å². The highest BCUT2D eigenvalue weighted by atomic mass is 16.2. The van der Waals surface area contributed by atoms with Gasteiger partial charge in [-0.3, -0.25) is 4.79 Å². The van der Waals surface area contributed by atoms with Crippen LogP contribution in [0, 0.1) is 5.92 Å². The van der Waals surface area contributed by atoms with E-state index in [1.54, 1.807) is 0 Å². The van der Waals surface area contributed by atoms with Crippen LogP contribution in [0.2, 0.25) is 0 Å². The first-order chi connectivity index (χ1) is 12.7. The van der Waals surface area contributed by atoms with Gasteiger partial charge in [0.05, 0.1) is 0 Å². The SMILES string of the molecule is NC(=NCC(=O)N1CCC(Cc2ccccc2)CC1)Nc1ccccc1. The van der Waals surface area contributed by atoms with Crippen molar-refractivity contribution in [1.29, 1.82) is 0 Å². The van der Waals surface area contributed by atoms with Crippen LogP contribution in [0.1, 0.15) is 18.4 Å². The minimum Gasteiger partial charge on any atom is -0.370 e. The third-order valence-electron chi connectivity index (χ3n) is 4.77. The third-order valence-corrected chi connectivity index (χ3v) is 4.77. The summed E-state index contributed by atoms with van der Waals surface area (Å²) in [7, 11) is 0. The number of benzene rings is 2. The number of piperidine rings is 1. The molecule has 2 aromatic carbocycles. The second-order valence-corrected chi connectivity index (χ2v) is 6.71. The lowest BCUT2D eigenvalue weighted by Crippen LogP contribution is -2.40. The monoisotopic (exact) mass is 350 g/mol. The standard InChI is InChI=1S/C21H26N4O/c22-21(24-19-9-5-2-6-10-19)23-16-20(26)25-13-11-18(12-14-25)15-17-7-3-1-4-8-17/h1-10,18H,11-16H2,(H3,22,23,24). The Hall–Kier alpha value is -2.82. The van der Waals surface area contributed by atoms with E-state index in [9.17, 15) is 4.79 Å². The van der Waals surface area contributed by atoms with Crippen molar-refractivity contribution in [2.24, 2.45) is 16.6 Å². The fourth-order valence-electron chi connectivity index (χ4n) is 3.30. The van der Waals surface area contributed by atoms with Crippen LogP contribution in [-0.2, 0) is 11.2 Å². The molecule has 3 rings (SSSR count). The summed E-state index contributed by atoms with van der Waals surface area (Å²) in [5.74, 6) is 0.958. The van der Waals surface area contributed by atoms with Crippen molar-refractivity contribution >= 4 is 17.6 Å². The van der Waals surface area contributed by atoms with E-state index in [4.69, 9.17) is 5.73 Å². The molecule has 136 valence electrons. The van der Waals surface area contributed by atoms with Crippen molar-refractivity contribution < 1.29 is 4.79 Å². The zero-order valence-corrected chi connectivity index (χ0v) is 15.0. The van der Waals surface area contributed by atoms with E-state index >= 15 is 0 Å². The van der Waals surface area contributed by atoms with E-state index in [2.05, 4.69) is 34.6 Å². The summed E-state index contributed by atoms with van der Waals surface area (Å²) in [6.45, 7) is 1.70. The number of anilines is 1. The van der Waals surface area contributed by atoms with Gasteiger partial charge in [0.25, 0.3) is 0 Å². The van der Waals surface area contributed by atoms with Gasteiger partial charge in [0.1, 0.15) is 6.54 Å². The molecule has 1 saturated heterocycles. The van der Waals surface area contributed by atoms with Crippen LogP contribution in [0.5, 0.6) is 0 Å². The highest BCUT2D eigenvalue weighted by Gasteiger charge is 2.22. The second-order valence-electron chi connectivity index (χ2n) is 6.71. The molecule has 2 aromatic rings. The number of rotatable bonds is 5. The first-order valence-electron chi connectivity index (χ1n) is 9.14. The van der Waals surface area contributed by atoms with Crippen LogP contribution in [0.3, 0.4) is 0 Å². The number of carbonyl (C=O) groups excluding carboxylic acids is 1. The van der Waals surface area contributed by atoms with Crippen molar-refractivity contribution in [3.63, 3.8) is 0 Å². The van der Waals surface area contributed by atoms with E-state index in [1.165, 1.54) is 5.56 Å². The van der Waals surface area contributed by atoms with Crippen molar-refractivity contribution in [3.8, 4) is 0 Å². The summed E-state index contributed by atoms with van der Waals surface area (Å²) in [5, 5.41) is 2.99. The molecule has 1 fully saturated rings. The second kappa shape index (κ2) is 9.04. The number of guanidine groups is 1.